The SMILES string of the molecule is CCOC1CC(n2cc(NC(=O)c3csc(-c4cn[nH]c4)n3)c(-c3cccc(F)n3)n2)C1.CCOC1CC(n2cc(NC(=O)c3csc(-c4cn[nH]c4)n3)c(-c3nc(F)ccc3F)n2)C1.CCOC1CC(n2cc(NC(=O)c3csc(-c4cnn(COP(=O)(O)O)c4)n3)c(-c3cccc(F)n3)n2)C1.O=C(Nc1cn(C2CC(O)C2)nc1-c1cccc(F)n1)c1csc(-c2cn[nH]c2)n1. The summed E-state index contributed by atoms with van der Waals surface area (Å²) < 4.78 is 110. The summed E-state index contributed by atoms with van der Waals surface area (Å²) >= 11 is 5.16. The Balaban J connectivity index is 0.000000124. The number of pyridine rings is 4. The van der Waals surface area contributed by atoms with Gasteiger partial charge in [0, 0.05) is 113 Å². The molecule has 686 valence electrons. The molecule has 16 heterocycles. The second-order valence-corrected chi connectivity index (χ2v) is 35.0. The molecule has 0 aliphatic heterocycles. The van der Waals surface area contributed by atoms with Crippen LogP contribution in [-0.2, 0) is 30.0 Å². The average molecular weight is 1910 g/mol. The van der Waals surface area contributed by atoms with E-state index in [1.54, 1.807) is 126 Å². The fourth-order valence-electron chi connectivity index (χ4n) is 14.4. The van der Waals surface area contributed by atoms with Gasteiger partial charge in [0.25, 0.3) is 23.6 Å². The topological polar surface area (TPSA) is 509 Å². The van der Waals surface area contributed by atoms with Crippen molar-refractivity contribution < 1.29 is 79.3 Å². The number of aromatic nitrogens is 24. The number of rotatable bonds is 29. The molecule has 16 aromatic heterocycles. The molecule has 16 aromatic rings. The Hall–Kier alpha value is -13.7. The van der Waals surface area contributed by atoms with E-state index in [0.717, 1.165) is 67.3 Å². The van der Waals surface area contributed by atoms with Crippen molar-refractivity contribution in [3.05, 3.63) is 215 Å². The first-order chi connectivity index (χ1) is 64.4. The zero-order chi connectivity index (χ0) is 92.6. The van der Waals surface area contributed by atoms with Crippen LogP contribution >= 0.6 is 53.2 Å². The van der Waals surface area contributed by atoms with Gasteiger partial charge in [0.05, 0.1) is 113 Å². The monoisotopic (exact) mass is 1910 g/mol. The number of phosphoric ester groups is 1. The summed E-state index contributed by atoms with van der Waals surface area (Å²) in [6, 6.07) is 15.5. The molecule has 0 aromatic carbocycles. The van der Waals surface area contributed by atoms with Gasteiger partial charge in [-0.1, -0.05) is 18.2 Å². The number of H-pyrrole nitrogens is 3. The lowest BCUT2D eigenvalue weighted by atomic mass is 9.89. The van der Waals surface area contributed by atoms with E-state index in [9.17, 15) is 50.8 Å². The second-order valence-electron chi connectivity index (χ2n) is 30.3. The number of carbonyl (C=O) groups is 4. The van der Waals surface area contributed by atoms with Gasteiger partial charge in [-0.25, -0.2) is 53.5 Å². The highest BCUT2D eigenvalue weighted by atomic mass is 32.1. The van der Waals surface area contributed by atoms with Gasteiger partial charge < -0.3 is 50.4 Å². The molecule has 0 radical (unpaired) electrons. The van der Waals surface area contributed by atoms with E-state index >= 15 is 0 Å². The smallest absolute Gasteiger partial charge is 0.393 e. The molecule has 4 amide bonds. The van der Waals surface area contributed by atoms with Gasteiger partial charge in [-0.05, 0) is 121 Å². The highest BCUT2D eigenvalue weighted by Crippen LogP contribution is 2.43. The van der Waals surface area contributed by atoms with Crippen LogP contribution in [0.4, 0.5) is 44.7 Å². The van der Waals surface area contributed by atoms with Crippen LogP contribution in [0.15, 0.2) is 163 Å². The Morgan fingerprint density at radius 2 is 0.752 bits per heavy atom. The number of phosphoric acid groups is 1. The van der Waals surface area contributed by atoms with Gasteiger partial charge in [-0.3, -0.25) is 57.7 Å². The molecule has 40 nitrogen and oxygen atoms in total. The molecule has 20 rings (SSSR count). The van der Waals surface area contributed by atoms with Gasteiger partial charge in [-0.15, -0.1) is 45.3 Å². The summed E-state index contributed by atoms with van der Waals surface area (Å²) in [6.07, 6.45) is 25.6. The lowest BCUT2D eigenvalue weighted by Crippen LogP contribution is -2.33. The van der Waals surface area contributed by atoms with E-state index in [-0.39, 0.29) is 100 Å². The van der Waals surface area contributed by atoms with Crippen molar-refractivity contribution in [3.63, 3.8) is 0 Å². The van der Waals surface area contributed by atoms with E-state index < -0.39 is 61.9 Å². The number of hydrogen-bond donors (Lipinski definition) is 10. The number of carbonyl (C=O) groups excluding carboxylic acids is 4. The normalized spacial score (nSPS) is 17.7. The lowest BCUT2D eigenvalue weighted by Gasteiger charge is -2.34. The summed E-state index contributed by atoms with van der Waals surface area (Å²) in [5, 5.41) is 71.7. The van der Waals surface area contributed by atoms with Crippen LogP contribution in [0.1, 0.15) is 138 Å². The van der Waals surface area contributed by atoms with Crippen molar-refractivity contribution in [2.45, 2.75) is 127 Å². The number of aliphatic hydroxyl groups excluding tert-OH is 1. The Bertz CT molecular complexity index is 6810. The molecule has 4 aliphatic carbocycles. The van der Waals surface area contributed by atoms with E-state index in [4.69, 9.17) is 24.0 Å². The Morgan fingerprint density at radius 3 is 1.08 bits per heavy atom. The molecule has 10 N–H and O–H groups in total. The average Bonchev–Trinajstić information content (AvgIpc) is 1.64. The third kappa shape index (κ3) is 21.9. The molecular weight excluding hydrogens is 1840 g/mol. The maximum atomic E-state index is 14.5. The van der Waals surface area contributed by atoms with E-state index in [1.807, 2.05) is 20.8 Å². The zero-order valence-corrected chi connectivity index (χ0v) is 74.2. The van der Waals surface area contributed by atoms with E-state index in [0.29, 0.717) is 104 Å². The van der Waals surface area contributed by atoms with Gasteiger partial charge in [-0.2, -0.15) is 58.4 Å². The van der Waals surface area contributed by atoms with Crippen molar-refractivity contribution in [2.24, 2.45) is 0 Å². The summed E-state index contributed by atoms with van der Waals surface area (Å²) in [5.41, 5.74) is 6.97. The first-order valence-electron chi connectivity index (χ1n) is 41.3. The molecule has 0 atom stereocenters. The Morgan fingerprint density at radius 1 is 0.421 bits per heavy atom. The largest absolute Gasteiger partial charge is 0.471 e. The lowest BCUT2D eigenvalue weighted by molar-refractivity contribution is -0.0228. The van der Waals surface area contributed by atoms with Crippen molar-refractivity contribution in [1.82, 2.24) is 119 Å². The molecular formula is C83H78F5N28O12PS4. The molecule has 0 unspecified atom stereocenters. The van der Waals surface area contributed by atoms with Crippen LogP contribution in [0.3, 0.4) is 0 Å². The van der Waals surface area contributed by atoms with Crippen LogP contribution in [0.5, 0.6) is 0 Å². The Kier molecular flexibility index (Phi) is 27.8. The number of thiazole rings is 4. The summed E-state index contributed by atoms with van der Waals surface area (Å²) in [4.78, 5) is 102. The van der Waals surface area contributed by atoms with Crippen LogP contribution < -0.4 is 21.3 Å². The third-order valence-corrected chi connectivity index (χ3v) is 25.3. The molecule has 0 spiro atoms. The predicted molar refractivity (Wildman–Crippen MR) is 474 cm³/mol. The maximum Gasteiger partial charge on any atom is 0.471 e. The van der Waals surface area contributed by atoms with Crippen molar-refractivity contribution in [2.75, 3.05) is 41.1 Å². The third-order valence-electron chi connectivity index (χ3n) is 21.3. The molecule has 4 saturated carbocycles. The highest BCUT2D eigenvalue weighted by Gasteiger charge is 2.38. The van der Waals surface area contributed by atoms with Crippen LogP contribution in [0, 0.1) is 29.6 Å². The molecule has 50 heteroatoms. The number of nitrogens with one attached hydrogen (secondary N) is 7. The number of aromatic amines is 3. The number of amides is 4. The van der Waals surface area contributed by atoms with Crippen molar-refractivity contribution in [3.8, 4) is 87.8 Å². The van der Waals surface area contributed by atoms with E-state index in [1.165, 1.54) is 92.8 Å². The Labute approximate surface area is 765 Å². The minimum absolute atomic E-state index is 0.0185. The maximum absolute atomic E-state index is 14.5. The van der Waals surface area contributed by atoms with E-state index in [2.05, 4.69) is 122 Å². The van der Waals surface area contributed by atoms with Crippen molar-refractivity contribution in [1.29, 1.82) is 0 Å². The standard InChI is InChI=1S/C22H23FN7O6PS.C21H19F2N7O2S.C21H20FN7O2S.C19H16FN7O2S/c1-2-35-15-6-14(7-15)30-10-17(20(28-30)16-4-3-5-19(23)25-16)26-21(31)18-11-38-22(27-18)13-8-24-29(9-13)12-36-37(32,33)34;1-2-32-13-5-12(6-13)30-9-15(19(29-30)18-14(22)3-4-17(23)28-18)26-20(31)16-10-33-21(27-16)11-7-24-25-8-11;1-2-31-14-6-13(7-14)29-10-16(19(28-29)15-4-3-5-18(22)25-15)26-20(30)17-11-32-21(27-17)12-8-23-24-9-12;20-16-3-1-2-13(23-16)17-14(8-27(26-17)11-4-12(28)5-11)24-18(29)15-9-30-19(25-15)10-6-21-22-7-10/h3-5,8-11,14-15H,2,6-7,12H2,1H3,(H,26,31)(H2,32,33,34);3-4,7-10,12-13H,2,5-6H2,1H3,(H,24,25)(H,26,31);3-5,8-11,13-14H,2,6-7H2,1H3,(H,23,24)(H,26,30);1-3,6-9,11-12,28H,4-5H2,(H,21,22)(H,24,29). The van der Waals surface area contributed by atoms with Gasteiger partial charge >= 0.3 is 7.82 Å². The van der Waals surface area contributed by atoms with Gasteiger partial charge in [0.15, 0.2) is 12.5 Å². The number of anilines is 4. The predicted octanol–water partition coefficient (Wildman–Crippen LogP) is 14.3. The number of hydrogen-bond acceptors (Lipinski definition) is 30. The van der Waals surface area contributed by atoms with Crippen LogP contribution in [0.2, 0.25) is 0 Å². The number of aliphatic hydroxyl groups is 1. The first kappa shape index (κ1) is 91.2. The second kappa shape index (κ2) is 40.6. The van der Waals surface area contributed by atoms with Crippen LogP contribution in [-0.4, -0.2) is 202 Å². The number of halogens is 5. The molecule has 0 bridgehead atoms. The van der Waals surface area contributed by atoms with Crippen LogP contribution in [0.25, 0.3) is 87.8 Å². The summed E-state index contributed by atoms with van der Waals surface area (Å²) in [7, 11) is -4.64. The summed E-state index contributed by atoms with van der Waals surface area (Å²) in [6.45, 7) is 7.32. The first-order valence-corrected chi connectivity index (χ1v) is 46.3. The van der Waals surface area contributed by atoms with Gasteiger partial charge in [0.2, 0.25) is 23.8 Å². The van der Waals surface area contributed by atoms with Gasteiger partial charge in [0.1, 0.15) is 71.3 Å². The molecule has 4 fully saturated rings. The molecule has 4 aliphatic rings. The molecule has 133 heavy (non-hydrogen) atoms. The highest BCUT2D eigenvalue weighted by molar-refractivity contribution is 7.46. The number of nitrogens with zero attached hydrogens (tertiary/aromatic N) is 21. The zero-order valence-electron chi connectivity index (χ0n) is 70.1. The quantitative estimate of drug-likeness (QED) is 0.0118. The minimum atomic E-state index is -4.64. The van der Waals surface area contributed by atoms with Crippen molar-refractivity contribution >= 4 is 99.5 Å². The fraction of sp³-hybridized carbons (Fsp3) is 0.277. The minimum Gasteiger partial charge on any atom is -0.393 e. The fourth-order valence-corrected chi connectivity index (χ4v) is 17.7. The molecule has 0 saturated heterocycles. The summed E-state index contributed by atoms with van der Waals surface area (Å²) in [5.74, 6) is -5.29. The number of ether oxygens (including phenoxy) is 3.